The maximum atomic E-state index is 12.6. The number of rotatable bonds is 6. The molecule has 0 aliphatic carbocycles. The van der Waals surface area contributed by atoms with Gasteiger partial charge in [0.25, 0.3) is 0 Å². The third kappa shape index (κ3) is 6.18. The summed E-state index contributed by atoms with van der Waals surface area (Å²) >= 11 is 7.49. The molecule has 2 aliphatic rings. The van der Waals surface area contributed by atoms with E-state index in [2.05, 4.69) is 4.98 Å². The first-order valence-corrected chi connectivity index (χ1v) is 13.2. The quantitative estimate of drug-likeness (QED) is 0.383. The van der Waals surface area contributed by atoms with E-state index < -0.39 is 0 Å². The highest BCUT2D eigenvalue weighted by molar-refractivity contribution is 7.99. The lowest BCUT2D eigenvalue weighted by Gasteiger charge is -2.30. The van der Waals surface area contributed by atoms with Crippen LogP contribution in [-0.4, -0.2) is 47.3 Å². The highest BCUT2D eigenvalue weighted by atomic mass is 35.5. The van der Waals surface area contributed by atoms with Crippen LogP contribution < -0.4 is 0 Å². The Bertz CT molecular complexity index is 1110. The summed E-state index contributed by atoms with van der Waals surface area (Å²) in [5.41, 5.74) is 1.95. The van der Waals surface area contributed by atoms with Crippen molar-refractivity contribution in [1.82, 2.24) is 14.9 Å². The summed E-state index contributed by atoms with van der Waals surface area (Å²) < 4.78 is 17.4. The predicted octanol–water partition coefficient (Wildman–Crippen LogP) is 6.28. The number of nitrogens with zero attached hydrogens (tertiary/aromatic N) is 3. The Kier molecular flexibility index (Phi) is 7.91. The number of carbonyl (C=O) groups is 1. The number of piperidine rings is 1. The minimum absolute atomic E-state index is 0.209. The Balaban J connectivity index is 1.26. The topological polar surface area (TPSA) is 77.7 Å². The minimum atomic E-state index is -0.268. The summed E-state index contributed by atoms with van der Waals surface area (Å²) in [4.78, 5) is 23.8. The van der Waals surface area contributed by atoms with Crippen molar-refractivity contribution in [2.45, 2.75) is 54.2 Å². The van der Waals surface area contributed by atoms with Gasteiger partial charge in [0.1, 0.15) is 11.6 Å². The van der Waals surface area contributed by atoms with Crippen molar-refractivity contribution >= 4 is 29.5 Å². The van der Waals surface area contributed by atoms with E-state index in [0.29, 0.717) is 18.1 Å². The first-order chi connectivity index (χ1) is 17.2. The number of aromatic nitrogens is 2. The molecule has 0 saturated carbocycles. The first-order valence-electron chi connectivity index (χ1n) is 12.0. The monoisotopic (exact) mass is 513 g/mol. The number of amides is 1. The Labute approximate surface area is 214 Å². The Morgan fingerprint density at radius 3 is 2.54 bits per heavy atom. The molecule has 9 heteroatoms. The fourth-order valence-electron chi connectivity index (χ4n) is 4.45. The van der Waals surface area contributed by atoms with Gasteiger partial charge in [0.15, 0.2) is 11.0 Å². The number of halogens is 1. The Morgan fingerprint density at radius 1 is 1.06 bits per heavy atom. The number of hydrogen-bond acceptors (Lipinski definition) is 7. The molecule has 7 nitrogen and oxygen atoms in total. The zero-order chi connectivity index (χ0) is 24.0. The average Bonchev–Trinajstić information content (AvgIpc) is 3.33. The molecule has 5 rings (SSSR count). The van der Waals surface area contributed by atoms with E-state index in [1.165, 1.54) is 11.8 Å². The van der Waals surface area contributed by atoms with Crippen molar-refractivity contribution in [3.63, 3.8) is 0 Å². The molecule has 0 N–H and O–H groups in total. The van der Waals surface area contributed by atoms with Gasteiger partial charge in [-0.2, -0.15) is 0 Å². The second-order valence-electron chi connectivity index (χ2n) is 8.83. The van der Waals surface area contributed by atoms with Gasteiger partial charge < -0.3 is 18.8 Å². The van der Waals surface area contributed by atoms with Crippen molar-refractivity contribution in [2.75, 3.05) is 26.3 Å². The fourth-order valence-corrected chi connectivity index (χ4v) is 5.44. The van der Waals surface area contributed by atoms with Crippen LogP contribution in [0.25, 0.3) is 0 Å². The highest BCUT2D eigenvalue weighted by Gasteiger charge is 2.31. The van der Waals surface area contributed by atoms with Crippen LogP contribution in [0.3, 0.4) is 0 Å². The van der Waals surface area contributed by atoms with Gasteiger partial charge in [0.05, 0.1) is 10.7 Å². The lowest BCUT2D eigenvalue weighted by molar-refractivity contribution is 0.0786. The van der Waals surface area contributed by atoms with Crippen LogP contribution in [0.4, 0.5) is 4.79 Å². The van der Waals surface area contributed by atoms with Gasteiger partial charge in [-0.1, -0.05) is 41.9 Å². The van der Waals surface area contributed by atoms with Crippen LogP contribution in [-0.2, 0) is 16.1 Å². The molecule has 2 aliphatic heterocycles. The Morgan fingerprint density at radius 2 is 1.83 bits per heavy atom. The molecule has 4 heterocycles. The standard InChI is InChI=1S/C26H28ClN3O4S/c27-21-6-7-22(28-16-21)35-25-23(29-24(34-25)20-10-14-32-15-11-20)19-8-12-30(13-9-19)26(31)33-17-18-4-2-1-3-5-18/h1-7,16,19-20H,8-15,17H2. The molecule has 184 valence electrons. The normalized spacial score (nSPS) is 17.5. The summed E-state index contributed by atoms with van der Waals surface area (Å²) in [7, 11) is 0. The third-order valence-corrected chi connectivity index (χ3v) is 7.60. The van der Waals surface area contributed by atoms with Gasteiger partial charge in [0.2, 0.25) is 0 Å². The molecule has 2 aromatic heterocycles. The lowest BCUT2D eigenvalue weighted by atomic mass is 9.94. The second-order valence-corrected chi connectivity index (χ2v) is 10.3. The lowest BCUT2D eigenvalue weighted by Crippen LogP contribution is -2.38. The number of ether oxygens (including phenoxy) is 2. The van der Waals surface area contributed by atoms with Gasteiger partial charge in [-0.15, -0.1) is 0 Å². The summed E-state index contributed by atoms with van der Waals surface area (Å²) in [5, 5.41) is 2.19. The Hall–Kier alpha value is -2.55. The van der Waals surface area contributed by atoms with Crippen LogP contribution in [0.1, 0.15) is 54.7 Å². The predicted molar refractivity (Wildman–Crippen MR) is 133 cm³/mol. The molecular formula is C26H28ClN3O4S. The average molecular weight is 514 g/mol. The van der Waals surface area contributed by atoms with E-state index >= 15 is 0 Å². The molecule has 0 spiro atoms. The number of benzene rings is 1. The summed E-state index contributed by atoms with van der Waals surface area (Å²) in [5.74, 6) is 1.26. The number of hydrogen-bond donors (Lipinski definition) is 0. The van der Waals surface area contributed by atoms with Crippen LogP contribution in [0.2, 0.25) is 5.02 Å². The molecule has 2 saturated heterocycles. The molecular weight excluding hydrogens is 486 g/mol. The number of pyridine rings is 1. The van der Waals surface area contributed by atoms with Gasteiger partial charge in [-0.25, -0.2) is 14.8 Å². The zero-order valence-corrected chi connectivity index (χ0v) is 21.0. The number of likely N-dealkylation sites (tertiary alicyclic amines) is 1. The maximum Gasteiger partial charge on any atom is 0.410 e. The molecule has 3 aromatic rings. The van der Waals surface area contributed by atoms with Crippen molar-refractivity contribution < 1.29 is 18.7 Å². The number of carbonyl (C=O) groups excluding carboxylic acids is 1. The van der Waals surface area contributed by atoms with Crippen molar-refractivity contribution in [1.29, 1.82) is 0 Å². The van der Waals surface area contributed by atoms with Crippen molar-refractivity contribution in [3.05, 3.63) is 70.8 Å². The fraction of sp³-hybridized carbons (Fsp3) is 0.423. The zero-order valence-electron chi connectivity index (χ0n) is 19.4. The van der Waals surface area contributed by atoms with Crippen molar-refractivity contribution in [2.24, 2.45) is 0 Å². The summed E-state index contributed by atoms with van der Waals surface area (Å²) in [6.45, 7) is 2.99. The van der Waals surface area contributed by atoms with Gasteiger partial charge in [-0.05, 0) is 55.1 Å². The van der Waals surface area contributed by atoms with Crippen molar-refractivity contribution in [3.8, 4) is 0 Å². The molecule has 1 aromatic carbocycles. The SMILES string of the molecule is O=C(OCc1ccccc1)N1CCC(c2nc(C3CCOCC3)oc2Sc2ccc(Cl)cn2)CC1. The molecule has 2 fully saturated rings. The van der Waals surface area contributed by atoms with E-state index in [9.17, 15) is 4.79 Å². The molecule has 0 radical (unpaired) electrons. The van der Waals surface area contributed by atoms with Crippen LogP contribution in [0.15, 0.2) is 63.2 Å². The van der Waals surface area contributed by atoms with Gasteiger partial charge in [0, 0.05) is 44.3 Å². The van der Waals surface area contributed by atoms with Crippen LogP contribution in [0.5, 0.6) is 0 Å². The second kappa shape index (κ2) is 11.5. The molecule has 0 unspecified atom stereocenters. The van der Waals surface area contributed by atoms with E-state index in [1.807, 2.05) is 42.5 Å². The summed E-state index contributed by atoms with van der Waals surface area (Å²) in [6.07, 6.45) is 4.81. The molecule has 1 amide bonds. The van der Waals surface area contributed by atoms with E-state index in [-0.39, 0.29) is 24.5 Å². The van der Waals surface area contributed by atoms with Gasteiger partial charge in [-0.3, -0.25) is 0 Å². The van der Waals surface area contributed by atoms with E-state index in [1.54, 1.807) is 11.1 Å². The van der Waals surface area contributed by atoms with Gasteiger partial charge >= 0.3 is 6.09 Å². The highest BCUT2D eigenvalue weighted by Crippen LogP contribution is 2.40. The molecule has 35 heavy (non-hydrogen) atoms. The smallest absolute Gasteiger partial charge is 0.410 e. The number of oxazole rings is 1. The minimum Gasteiger partial charge on any atom is -0.445 e. The van der Waals surface area contributed by atoms with E-state index in [4.69, 9.17) is 30.5 Å². The first kappa shape index (κ1) is 24.2. The van der Waals surface area contributed by atoms with Crippen LogP contribution in [0, 0.1) is 0 Å². The summed E-state index contributed by atoms with van der Waals surface area (Å²) in [6, 6.07) is 13.4. The van der Waals surface area contributed by atoms with E-state index in [0.717, 1.165) is 66.2 Å². The maximum absolute atomic E-state index is 12.6. The molecule has 0 bridgehead atoms. The largest absolute Gasteiger partial charge is 0.445 e. The van der Waals surface area contributed by atoms with Crippen LogP contribution >= 0.6 is 23.4 Å². The molecule has 0 atom stereocenters. The third-order valence-electron chi connectivity index (χ3n) is 6.45.